The minimum atomic E-state index is -0.826. The zero-order chi connectivity index (χ0) is 24.0. The van der Waals surface area contributed by atoms with Gasteiger partial charge in [0.05, 0.1) is 35.7 Å². The maximum atomic E-state index is 12.8. The summed E-state index contributed by atoms with van der Waals surface area (Å²) in [5, 5.41) is 30.5. The minimum absolute atomic E-state index is 0.0331. The molecule has 9 nitrogen and oxygen atoms in total. The van der Waals surface area contributed by atoms with Crippen molar-refractivity contribution in [1.29, 1.82) is 10.5 Å². The smallest absolute Gasteiger partial charge is 0.255 e. The van der Waals surface area contributed by atoms with E-state index in [1.807, 2.05) is 13.0 Å². The van der Waals surface area contributed by atoms with E-state index < -0.39 is 5.41 Å². The van der Waals surface area contributed by atoms with Gasteiger partial charge < -0.3 is 15.2 Å². The van der Waals surface area contributed by atoms with Crippen LogP contribution in [0.25, 0.3) is 11.1 Å². The Labute approximate surface area is 191 Å². The number of nitriles is 2. The molecular weight excluding hydrogens is 420 g/mol. The van der Waals surface area contributed by atoms with Crippen molar-refractivity contribution in [3.8, 4) is 29.1 Å². The number of rotatable bonds is 7. The molecule has 0 unspecified atom stereocenters. The van der Waals surface area contributed by atoms with Gasteiger partial charge in [0.15, 0.2) is 0 Å². The van der Waals surface area contributed by atoms with Crippen LogP contribution in [0.5, 0.6) is 5.88 Å². The van der Waals surface area contributed by atoms with Gasteiger partial charge in [-0.2, -0.15) is 10.5 Å². The fourth-order valence-electron chi connectivity index (χ4n) is 3.00. The number of carbonyl (C=O) groups excluding carboxylic acids is 1. The summed E-state index contributed by atoms with van der Waals surface area (Å²) in [7, 11) is 0. The number of nitrogens with one attached hydrogen (secondary N) is 1. The highest BCUT2D eigenvalue weighted by Crippen LogP contribution is 2.28. The molecule has 3 rings (SSSR count). The third kappa shape index (κ3) is 5.29. The van der Waals surface area contributed by atoms with Crippen LogP contribution in [0.4, 0.5) is 5.69 Å². The molecule has 0 aliphatic rings. The Kier molecular flexibility index (Phi) is 6.97. The Hall–Kier alpha value is -4.34. The van der Waals surface area contributed by atoms with E-state index in [0.717, 1.165) is 0 Å². The van der Waals surface area contributed by atoms with Crippen LogP contribution in [0, 0.1) is 29.6 Å². The van der Waals surface area contributed by atoms with Crippen molar-refractivity contribution in [1.82, 2.24) is 15.0 Å². The summed E-state index contributed by atoms with van der Waals surface area (Å²) in [5.74, 6) is -0.230. The second-order valence-corrected chi connectivity index (χ2v) is 7.74. The van der Waals surface area contributed by atoms with Crippen molar-refractivity contribution < 1.29 is 14.6 Å². The molecule has 3 heterocycles. The first-order valence-corrected chi connectivity index (χ1v) is 10.1. The van der Waals surface area contributed by atoms with Crippen LogP contribution in [-0.4, -0.2) is 39.2 Å². The minimum Gasteiger partial charge on any atom is -0.474 e. The predicted molar refractivity (Wildman–Crippen MR) is 120 cm³/mol. The summed E-state index contributed by atoms with van der Waals surface area (Å²) in [6, 6.07) is 10.7. The standard InChI is InChI=1S/C24H22N6O3/c1-15-20(18-8-17(11-25)23(29-12-18)33-7-6-31)10-19(13-28-15)30-22(32)16-4-5-27-21(9-16)24(2,3)14-26/h4-5,8-10,12-13,31H,6-7H2,1-3H3,(H,30,32). The molecule has 0 bridgehead atoms. The lowest BCUT2D eigenvalue weighted by molar-refractivity contribution is 0.102. The number of amides is 1. The fourth-order valence-corrected chi connectivity index (χ4v) is 3.00. The predicted octanol–water partition coefficient (Wildman–Crippen LogP) is 3.14. The molecule has 0 saturated carbocycles. The number of hydrogen-bond acceptors (Lipinski definition) is 8. The first-order chi connectivity index (χ1) is 15.8. The number of hydrogen-bond donors (Lipinski definition) is 2. The van der Waals surface area contributed by atoms with Gasteiger partial charge in [0.25, 0.3) is 5.91 Å². The van der Waals surface area contributed by atoms with E-state index in [1.165, 1.54) is 12.4 Å². The molecule has 0 fully saturated rings. The van der Waals surface area contributed by atoms with Crippen LogP contribution in [0.1, 0.15) is 41.2 Å². The molecule has 33 heavy (non-hydrogen) atoms. The first kappa shape index (κ1) is 23.3. The number of aliphatic hydroxyl groups is 1. The Balaban J connectivity index is 1.89. The van der Waals surface area contributed by atoms with Crippen LogP contribution in [0.15, 0.2) is 42.9 Å². The summed E-state index contributed by atoms with van der Waals surface area (Å²) in [4.78, 5) is 25.6. The molecule has 1 amide bonds. The second kappa shape index (κ2) is 9.86. The summed E-state index contributed by atoms with van der Waals surface area (Å²) < 4.78 is 5.28. The molecule has 9 heteroatoms. The van der Waals surface area contributed by atoms with E-state index in [4.69, 9.17) is 9.84 Å². The van der Waals surface area contributed by atoms with Crippen LogP contribution < -0.4 is 10.1 Å². The van der Waals surface area contributed by atoms with Crippen LogP contribution in [-0.2, 0) is 5.41 Å². The quantitative estimate of drug-likeness (QED) is 0.568. The highest BCUT2D eigenvalue weighted by molar-refractivity contribution is 6.04. The number of pyridine rings is 3. The Bertz CT molecular complexity index is 1270. The third-order valence-corrected chi connectivity index (χ3v) is 4.90. The molecule has 3 aromatic rings. The zero-order valence-corrected chi connectivity index (χ0v) is 18.5. The van der Waals surface area contributed by atoms with E-state index in [1.54, 1.807) is 44.3 Å². The Morgan fingerprint density at radius 2 is 1.97 bits per heavy atom. The summed E-state index contributed by atoms with van der Waals surface area (Å²) in [6.07, 6.45) is 4.58. The lowest BCUT2D eigenvalue weighted by atomic mass is 9.90. The van der Waals surface area contributed by atoms with Crippen molar-refractivity contribution >= 4 is 11.6 Å². The monoisotopic (exact) mass is 442 g/mol. The van der Waals surface area contributed by atoms with Crippen molar-refractivity contribution in [2.75, 3.05) is 18.5 Å². The number of ether oxygens (including phenoxy) is 1. The molecular formula is C24H22N6O3. The molecule has 166 valence electrons. The molecule has 0 atom stereocenters. The molecule has 3 aromatic heterocycles. The highest BCUT2D eigenvalue weighted by Gasteiger charge is 2.22. The topological polar surface area (TPSA) is 145 Å². The van der Waals surface area contributed by atoms with Gasteiger partial charge in [-0.3, -0.25) is 14.8 Å². The largest absolute Gasteiger partial charge is 0.474 e. The second-order valence-electron chi connectivity index (χ2n) is 7.74. The summed E-state index contributed by atoms with van der Waals surface area (Å²) in [5.41, 5.74) is 2.72. The van der Waals surface area contributed by atoms with Gasteiger partial charge in [-0.25, -0.2) is 4.98 Å². The molecule has 0 radical (unpaired) electrons. The van der Waals surface area contributed by atoms with Crippen molar-refractivity contribution in [3.05, 3.63) is 65.4 Å². The third-order valence-electron chi connectivity index (χ3n) is 4.90. The zero-order valence-electron chi connectivity index (χ0n) is 18.5. The van der Waals surface area contributed by atoms with Gasteiger partial charge in [0.2, 0.25) is 5.88 Å². The number of aliphatic hydroxyl groups excluding tert-OH is 1. The van der Waals surface area contributed by atoms with E-state index in [2.05, 4.69) is 26.3 Å². The highest BCUT2D eigenvalue weighted by atomic mass is 16.5. The number of carbonyl (C=O) groups is 1. The average molecular weight is 442 g/mol. The maximum Gasteiger partial charge on any atom is 0.255 e. The number of aryl methyl sites for hydroxylation is 1. The van der Waals surface area contributed by atoms with E-state index in [-0.39, 0.29) is 30.6 Å². The van der Waals surface area contributed by atoms with E-state index in [0.29, 0.717) is 33.8 Å². The lowest BCUT2D eigenvalue weighted by Crippen LogP contribution is -2.18. The van der Waals surface area contributed by atoms with Gasteiger partial charge >= 0.3 is 0 Å². The lowest BCUT2D eigenvalue weighted by Gasteiger charge is -2.15. The van der Waals surface area contributed by atoms with E-state index >= 15 is 0 Å². The molecule has 0 aliphatic heterocycles. The molecule has 0 saturated heterocycles. The van der Waals surface area contributed by atoms with Gasteiger partial charge in [0, 0.05) is 34.8 Å². The molecule has 2 N–H and O–H groups in total. The van der Waals surface area contributed by atoms with Crippen molar-refractivity contribution in [2.24, 2.45) is 0 Å². The molecule has 0 aromatic carbocycles. The Morgan fingerprint density at radius 1 is 1.18 bits per heavy atom. The van der Waals surface area contributed by atoms with Gasteiger partial charge in [-0.1, -0.05) is 0 Å². The van der Waals surface area contributed by atoms with E-state index in [9.17, 15) is 15.3 Å². The number of nitrogens with zero attached hydrogens (tertiary/aromatic N) is 5. The number of aromatic nitrogens is 3. The average Bonchev–Trinajstić information content (AvgIpc) is 2.83. The van der Waals surface area contributed by atoms with Crippen LogP contribution in [0.3, 0.4) is 0 Å². The van der Waals surface area contributed by atoms with Crippen LogP contribution >= 0.6 is 0 Å². The Morgan fingerprint density at radius 3 is 2.67 bits per heavy atom. The fraction of sp³-hybridized carbons (Fsp3) is 0.250. The molecule has 0 spiro atoms. The van der Waals surface area contributed by atoms with Gasteiger partial charge in [-0.15, -0.1) is 0 Å². The van der Waals surface area contributed by atoms with Crippen LogP contribution in [0.2, 0.25) is 0 Å². The van der Waals surface area contributed by atoms with Gasteiger partial charge in [0.1, 0.15) is 18.2 Å². The molecule has 0 aliphatic carbocycles. The normalized spacial score (nSPS) is 10.7. The summed E-state index contributed by atoms with van der Waals surface area (Å²) in [6.45, 7) is 5.12. The number of anilines is 1. The van der Waals surface area contributed by atoms with Gasteiger partial charge in [-0.05, 0) is 45.0 Å². The van der Waals surface area contributed by atoms with Crippen molar-refractivity contribution in [2.45, 2.75) is 26.2 Å². The summed E-state index contributed by atoms with van der Waals surface area (Å²) >= 11 is 0. The SMILES string of the molecule is Cc1ncc(NC(=O)c2ccnc(C(C)(C)C#N)c2)cc1-c1cnc(OCCO)c(C#N)c1. The maximum absolute atomic E-state index is 12.8. The van der Waals surface area contributed by atoms with Crippen molar-refractivity contribution in [3.63, 3.8) is 0 Å². The first-order valence-electron chi connectivity index (χ1n) is 10.1.